The summed E-state index contributed by atoms with van der Waals surface area (Å²) >= 11 is 0. The molecule has 1 aromatic carbocycles. The lowest BCUT2D eigenvalue weighted by Gasteiger charge is -2.30. The second kappa shape index (κ2) is 7.62. The molecule has 3 rings (SSSR count). The Morgan fingerprint density at radius 1 is 1.22 bits per heavy atom. The zero-order valence-corrected chi connectivity index (χ0v) is 14.0. The highest BCUT2D eigenvalue weighted by molar-refractivity contribution is 5.85. The number of likely N-dealkylation sites (N-methyl/N-ethyl adjacent to an activating group) is 1. The fourth-order valence-corrected chi connectivity index (χ4v) is 2.97. The summed E-state index contributed by atoms with van der Waals surface area (Å²) in [5.41, 5.74) is 0.928. The predicted octanol–water partition coefficient (Wildman–Crippen LogP) is 2.40. The van der Waals surface area contributed by atoms with E-state index in [9.17, 15) is 0 Å². The van der Waals surface area contributed by atoms with Crippen molar-refractivity contribution in [3.8, 4) is 5.75 Å². The predicted molar refractivity (Wildman–Crippen MR) is 93.4 cm³/mol. The van der Waals surface area contributed by atoms with Gasteiger partial charge in [0.2, 0.25) is 0 Å². The number of hydrogen-bond donors (Lipinski definition) is 0. The first-order valence-electron chi connectivity index (χ1n) is 8.30. The van der Waals surface area contributed by atoms with Crippen molar-refractivity contribution >= 4 is 16.7 Å². The van der Waals surface area contributed by atoms with Gasteiger partial charge in [-0.1, -0.05) is 12.1 Å². The van der Waals surface area contributed by atoms with Crippen LogP contribution < -0.4 is 9.64 Å². The summed E-state index contributed by atoms with van der Waals surface area (Å²) in [5, 5.41) is 1.11. The van der Waals surface area contributed by atoms with Crippen molar-refractivity contribution < 1.29 is 9.47 Å². The summed E-state index contributed by atoms with van der Waals surface area (Å²) in [6.07, 6.45) is 0. The van der Waals surface area contributed by atoms with Crippen LogP contribution in [0.5, 0.6) is 5.75 Å². The van der Waals surface area contributed by atoms with Crippen molar-refractivity contribution in [3.05, 3.63) is 30.3 Å². The molecule has 1 aliphatic rings. The van der Waals surface area contributed by atoms with E-state index < -0.39 is 0 Å². The molecule has 1 aliphatic heterocycles. The van der Waals surface area contributed by atoms with Gasteiger partial charge in [0.05, 0.1) is 20.3 Å². The molecule has 5 heteroatoms. The smallest absolute Gasteiger partial charge is 0.145 e. The fraction of sp³-hybridized carbons (Fsp3) is 0.500. The third kappa shape index (κ3) is 3.74. The molecule has 0 saturated carbocycles. The van der Waals surface area contributed by atoms with Crippen LogP contribution in [0, 0.1) is 0 Å². The Kier molecular flexibility index (Phi) is 5.31. The van der Waals surface area contributed by atoms with Crippen LogP contribution >= 0.6 is 0 Å². The van der Waals surface area contributed by atoms with Crippen molar-refractivity contribution in [2.45, 2.75) is 6.92 Å². The lowest BCUT2D eigenvalue weighted by molar-refractivity contribution is 0.0392. The lowest BCUT2D eigenvalue weighted by atomic mass is 10.2. The summed E-state index contributed by atoms with van der Waals surface area (Å²) in [6.45, 7) is 8.88. The SMILES string of the molecule is CCN(CCN1CCOCC1)c1ccc2cccc(OC)c2n1. The zero-order chi connectivity index (χ0) is 16.1. The minimum absolute atomic E-state index is 0.827. The maximum Gasteiger partial charge on any atom is 0.145 e. The number of ether oxygens (including phenoxy) is 2. The molecule has 23 heavy (non-hydrogen) atoms. The molecule has 5 nitrogen and oxygen atoms in total. The van der Waals surface area contributed by atoms with Crippen LogP contribution in [-0.2, 0) is 4.74 Å². The number of hydrogen-bond acceptors (Lipinski definition) is 5. The average molecular weight is 315 g/mol. The van der Waals surface area contributed by atoms with Crippen LogP contribution in [0.25, 0.3) is 10.9 Å². The first-order chi connectivity index (χ1) is 11.3. The Bertz CT molecular complexity index is 641. The first-order valence-corrected chi connectivity index (χ1v) is 8.30. The number of rotatable bonds is 6. The number of aromatic nitrogens is 1. The van der Waals surface area contributed by atoms with Crippen molar-refractivity contribution in [2.75, 3.05) is 57.9 Å². The number of morpholine rings is 1. The highest BCUT2D eigenvalue weighted by atomic mass is 16.5. The maximum absolute atomic E-state index is 5.45. The summed E-state index contributed by atoms with van der Waals surface area (Å²) in [6, 6.07) is 10.3. The molecule has 0 spiro atoms. The van der Waals surface area contributed by atoms with Gasteiger partial charge in [0.25, 0.3) is 0 Å². The summed E-state index contributed by atoms with van der Waals surface area (Å²) in [4.78, 5) is 9.61. The first kappa shape index (κ1) is 16.0. The summed E-state index contributed by atoms with van der Waals surface area (Å²) < 4.78 is 10.9. The van der Waals surface area contributed by atoms with Crippen LogP contribution in [0.3, 0.4) is 0 Å². The molecule has 0 amide bonds. The standard InChI is InChI=1S/C18H25N3O2/c1-3-21(10-9-20-11-13-23-14-12-20)17-8-7-15-5-4-6-16(22-2)18(15)19-17/h4-8H,3,9-14H2,1-2H3. The molecule has 1 fully saturated rings. The lowest BCUT2D eigenvalue weighted by Crippen LogP contribution is -2.41. The Labute approximate surface area is 137 Å². The molecule has 0 bridgehead atoms. The third-order valence-electron chi connectivity index (χ3n) is 4.38. The fourth-order valence-electron chi connectivity index (χ4n) is 2.97. The van der Waals surface area contributed by atoms with Gasteiger partial charge in [-0.05, 0) is 25.1 Å². The molecule has 2 aromatic rings. The van der Waals surface area contributed by atoms with E-state index in [-0.39, 0.29) is 0 Å². The highest BCUT2D eigenvalue weighted by Crippen LogP contribution is 2.26. The normalized spacial score (nSPS) is 15.7. The van der Waals surface area contributed by atoms with Gasteiger partial charge in [-0.15, -0.1) is 0 Å². The molecular formula is C18H25N3O2. The van der Waals surface area contributed by atoms with E-state index >= 15 is 0 Å². The Morgan fingerprint density at radius 2 is 2.04 bits per heavy atom. The molecular weight excluding hydrogens is 290 g/mol. The van der Waals surface area contributed by atoms with Gasteiger partial charge in [0.15, 0.2) is 0 Å². The number of benzene rings is 1. The van der Waals surface area contributed by atoms with Crippen LogP contribution in [0.1, 0.15) is 6.92 Å². The van der Waals surface area contributed by atoms with Gasteiger partial charge in [-0.3, -0.25) is 4.90 Å². The molecule has 1 saturated heterocycles. The van der Waals surface area contributed by atoms with Crippen molar-refractivity contribution in [1.82, 2.24) is 9.88 Å². The number of pyridine rings is 1. The summed E-state index contributed by atoms with van der Waals surface area (Å²) in [7, 11) is 1.69. The van der Waals surface area contributed by atoms with Crippen molar-refractivity contribution in [1.29, 1.82) is 0 Å². The minimum atomic E-state index is 0.827. The van der Waals surface area contributed by atoms with E-state index in [1.165, 1.54) is 0 Å². The van der Waals surface area contributed by atoms with E-state index in [1.807, 2.05) is 12.1 Å². The van der Waals surface area contributed by atoms with Gasteiger partial charge >= 0.3 is 0 Å². The number of anilines is 1. The van der Waals surface area contributed by atoms with E-state index in [2.05, 4.69) is 34.9 Å². The van der Waals surface area contributed by atoms with Crippen molar-refractivity contribution in [3.63, 3.8) is 0 Å². The molecule has 0 radical (unpaired) electrons. The average Bonchev–Trinajstić information content (AvgIpc) is 2.62. The van der Waals surface area contributed by atoms with Gasteiger partial charge in [0, 0.05) is 38.1 Å². The minimum Gasteiger partial charge on any atom is -0.494 e. The van der Waals surface area contributed by atoms with Crippen LogP contribution in [0.15, 0.2) is 30.3 Å². The molecule has 0 unspecified atom stereocenters. The van der Waals surface area contributed by atoms with Gasteiger partial charge in [-0.25, -0.2) is 4.98 Å². The molecule has 0 aliphatic carbocycles. The third-order valence-corrected chi connectivity index (χ3v) is 4.38. The van der Waals surface area contributed by atoms with Crippen LogP contribution in [0.2, 0.25) is 0 Å². The number of para-hydroxylation sites is 1. The Morgan fingerprint density at radius 3 is 2.78 bits per heavy atom. The second-order valence-corrected chi connectivity index (χ2v) is 5.74. The van der Waals surface area contributed by atoms with Gasteiger partial charge in [-0.2, -0.15) is 0 Å². The highest BCUT2D eigenvalue weighted by Gasteiger charge is 2.13. The topological polar surface area (TPSA) is 37.8 Å². The van der Waals surface area contributed by atoms with Gasteiger partial charge < -0.3 is 14.4 Å². The summed E-state index contributed by atoms with van der Waals surface area (Å²) in [5.74, 6) is 1.84. The quantitative estimate of drug-likeness (QED) is 0.818. The van der Waals surface area contributed by atoms with E-state index in [4.69, 9.17) is 14.5 Å². The largest absolute Gasteiger partial charge is 0.494 e. The number of nitrogens with zero attached hydrogens (tertiary/aromatic N) is 3. The molecule has 0 N–H and O–H groups in total. The van der Waals surface area contributed by atoms with Gasteiger partial charge in [0.1, 0.15) is 17.1 Å². The Hall–Kier alpha value is -1.85. The van der Waals surface area contributed by atoms with E-state index in [1.54, 1.807) is 7.11 Å². The van der Waals surface area contributed by atoms with Crippen LogP contribution in [0.4, 0.5) is 5.82 Å². The van der Waals surface area contributed by atoms with Crippen LogP contribution in [-0.4, -0.2) is 62.9 Å². The Balaban J connectivity index is 1.76. The molecule has 124 valence electrons. The molecule has 0 atom stereocenters. The zero-order valence-electron chi connectivity index (χ0n) is 14.0. The van der Waals surface area contributed by atoms with Crippen molar-refractivity contribution in [2.24, 2.45) is 0 Å². The molecule has 1 aromatic heterocycles. The number of fused-ring (bicyclic) bond motifs is 1. The van der Waals surface area contributed by atoms with E-state index in [0.717, 1.165) is 68.4 Å². The molecule has 2 heterocycles. The maximum atomic E-state index is 5.45. The monoisotopic (exact) mass is 315 g/mol. The van der Waals surface area contributed by atoms with E-state index in [0.29, 0.717) is 0 Å². The number of methoxy groups -OCH3 is 1. The second-order valence-electron chi connectivity index (χ2n) is 5.74.